The number of imidazole rings is 1. The van der Waals surface area contributed by atoms with E-state index in [9.17, 15) is 4.79 Å². The van der Waals surface area contributed by atoms with E-state index in [0.29, 0.717) is 11.5 Å². The van der Waals surface area contributed by atoms with Gasteiger partial charge in [0.1, 0.15) is 5.69 Å². The number of carbonyl (C=O) groups is 1. The van der Waals surface area contributed by atoms with Crippen LogP contribution in [0.3, 0.4) is 0 Å². The second-order valence-corrected chi connectivity index (χ2v) is 5.11. The normalized spacial score (nSPS) is 18.5. The number of nitrogens with one attached hydrogen (secondary N) is 1. The molecule has 0 spiro atoms. The van der Waals surface area contributed by atoms with Crippen molar-refractivity contribution in [3.63, 3.8) is 0 Å². The molecule has 1 atom stereocenters. The average molecular weight is 271 g/mol. The third-order valence-electron chi connectivity index (χ3n) is 3.60. The molecular weight excluding hydrogens is 254 g/mol. The largest absolute Gasteiger partial charge is 0.341 e. The van der Waals surface area contributed by atoms with Gasteiger partial charge in [-0.25, -0.2) is 9.97 Å². The Balaban J connectivity index is 1.93. The van der Waals surface area contributed by atoms with Crippen molar-refractivity contribution in [2.24, 2.45) is 0 Å². The van der Waals surface area contributed by atoms with Gasteiger partial charge in [-0.15, -0.1) is 0 Å². The van der Waals surface area contributed by atoms with Gasteiger partial charge in [0.15, 0.2) is 5.82 Å². The summed E-state index contributed by atoms with van der Waals surface area (Å²) in [5, 5.41) is 0. The van der Waals surface area contributed by atoms with Crippen LogP contribution in [0.4, 0.5) is 0 Å². The molecule has 0 saturated carbocycles. The van der Waals surface area contributed by atoms with Gasteiger partial charge in [-0.1, -0.05) is 0 Å². The summed E-state index contributed by atoms with van der Waals surface area (Å²) >= 11 is 0. The molecule has 1 saturated heterocycles. The molecule has 1 amide bonds. The topological polar surface area (TPSA) is 74.8 Å². The highest BCUT2D eigenvalue weighted by Crippen LogP contribution is 2.31. The second-order valence-electron chi connectivity index (χ2n) is 5.11. The molecule has 6 heteroatoms. The summed E-state index contributed by atoms with van der Waals surface area (Å²) in [4.78, 5) is 29.8. The maximum Gasteiger partial charge on any atom is 0.220 e. The third kappa shape index (κ3) is 2.29. The van der Waals surface area contributed by atoms with Crippen LogP contribution in [0.5, 0.6) is 0 Å². The summed E-state index contributed by atoms with van der Waals surface area (Å²) in [6.45, 7) is 4.35. The monoisotopic (exact) mass is 271 g/mol. The molecule has 0 radical (unpaired) electrons. The number of aromatic nitrogens is 4. The number of aromatic amines is 1. The van der Waals surface area contributed by atoms with Crippen molar-refractivity contribution in [3.8, 4) is 11.5 Å². The zero-order chi connectivity index (χ0) is 14.1. The fraction of sp³-hybridized carbons (Fsp3) is 0.429. The van der Waals surface area contributed by atoms with Gasteiger partial charge in [0.05, 0.1) is 24.1 Å². The lowest BCUT2D eigenvalue weighted by atomic mass is 10.1. The Labute approximate surface area is 117 Å². The molecule has 3 heterocycles. The minimum atomic E-state index is 0.0380. The van der Waals surface area contributed by atoms with E-state index in [1.807, 2.05) is 11.8 Å². The molecule has 1 unspecified atom stereocenters. The van der Waals surface area contributed by atoms with Gasteiger partial charge in [-0.05, 0) is 19.8 Å². The Morgan fingerprint density at radius 1 is 1.40 bits per heavy atom. The highest BCUT2D eigenvalue weighted by molar-refractivity contribution is 5.74. The molecule has 104 valence electrons. The first-order valence-corrected chi connectivity index (χ1v) is 6.76. The summed E-state index contributed by atoms with van der Waals surface area (Å²) in [5.74, 6) is 0.803. The highest BCUT2D eigenvalue weighted by atomic mass is 16.2. The molecule has 20 heavy (non-hydrogen) atoms. The third-order valence-corrected chi connectivity index (χ3v) is 3.60. The summed E-state index contributed by atoms with van der Waals surface area (Å²) in [6, 6.07) is 0.0380. The van der Waals surface area contributed by atoms with E-state index in [1.165, 1.54) is 0 Å². The lowest BCUT2D eigenvalue weighted by Crippen LogP contribution is -2.28. The van der Waals surface area contributed by atoms with Crippen molar-refractivity contribution in [3.05, 3.63) is 30.0 Å². The molecular formula is C14H17N5O. The van der Waals surface area contributed by atoms with Crippen LogP contribution in [0, 0.1) is 6.92 Å². The molecule has 3 rings (SSSR count). The van der Waals surface area contributed by atoms with E-state index < -0.39 is 0 Å². The summed E-state index contributed by atoms with van der Waals surface area (Å²) in [5.41, 5.74) is 2.54. The highest BCUT2D eigenvalue weighted by Gasteiger charge is 2.29. The van der Waals surface area contributed by atoms with Gasteiger partial charge < -0.3 is 9.88 Å². The number of H-pyrrole nitrogens is 1. The van der Waals surface area contributed by atoms with E-state index >= 15 is 0 Å². The molecule has 1 aliphatic heterocycles. The molecule has 6 nitrogen and oxygen atoms in total. The number of amides is 1. The molecule has 2 aromatic rings. The number of likely N-dealkylation sites (tertiary alicyclic amines) is 1. The smallest absolute Gasteiger partial charge is 0.220 e. The first-order valence-electron chi connectivity index (χ1n) is 6.76. The zero-order valence-electron chi connectivity index (χ0n) is 11.6. The second kappa shape index (κ2) is 5.03. The Bertz CT molecular complexity index is 636. The standard InChI is InChI=1S/C14H17N5O/c1-9-6-16-14(17-9)12-8-15-7-11(18-12)13-4-3-5-19(13)10(2)20/h6-8,13H,3-5H2,1-2H3,(H,16,17). The van der Waals surface area contributed by atoms with Crippen LogP contribution in [-0.4, -0.2) is 37.3 Å². The quantitative estimate of drug-likeness (QED) is 0.904. The Morgan fingerprint density at radius 2 is 2.25 bits per heavy atom. The van der Waals surface area contributed by atoms with Gasteiger partial charge >= 0.3 is 0 Å². The van der Waals surface area contributed by atoms with Gasteiger partial charge in [0.2, 0.25) is 5.91 Å². The van der Waals surface area contributed by atoms with Crippen LogP contribution < -0.4 is 0 Å². The molecule has 0 bridgehead atoms. The number of rotatable bonds is 2. The van der Waals surface area contributed by atoms with Crippen LogP contribution in [0.2, 0.25) is 0 Å². The molecule has 1 aliphatic rings. The van der Waals surface area contributed by atoms with Gasteiger partial charge in [-0.2, -0.15) is 0 Å². The summed E-state index contributed by atoms with van der Waals surface area (Å²) in [7, 11) is 0. The summed E-state index contributed by atoms with van der Waals surface area (Å²) < 4.78 is 0. The molecule has 0 aliphatic carbocycles. The van der Waals surface area contributed by atoms with Gasteiger partial charge in [-0.3, -0.25) is 9.78 Å². The van der Waals surface area contributed by atoms with E-state index in [1.54, 1.807) is 25.5 Å². The number of hydrogen-bond acceptors (Lipinski definition) is 4. The number of hydrogen-bond donors (Lipinski definition) is 1. The average Bonchev–Trinajstić information content (AvgIpc) is 3.07. The van der Waals surface area contributed by atoms with Crippen molar-refractivity contribution in [2.45, 2.75) is 32.7 Å². The van der Waals surface area contributed by atoms with Gasteiger partial charge in [0, 0.05) is 25.4 Å². The number of nitrogens with zero attached hydrogens (tertiary/aromatic N) is 4. The van der Waals surface area contributed by atoms with Crippen LogP contribution in [-0.2, 0) is 4.79 Å². The fourth-order valence-electron chi connectivity index (χ4n) is 2.65. The molecule has 0 aromatic carbocycles. The van der Waals surface area contributed by atoms with Gasteiger partial charge in [0.25, 0.3) is 0 Å². The predicted molar refractivity (Wildman–Crippen MR) is 73.7 cm³/mol. The van der Waals surface area contributed by atoms with E-state index in [4.69, 9.17) is 0 Å². The van der Waals surface area contributed by atoms with Crippen molar-refractivity contribution in [1.82, 2.24) is 24.8 Å². The van der Waals surface area contributed by atoms with Crippen molar-refractivity contribution >= 4 is 5.91 Å². The number of carbonyl (C=O) groups excluding carboxylic acids is 1. The van der Waals surface area contributed by atoms with Crippen molar-refractivity contribution in [2.75, 3.05) is 6.54 Å². The first kappa shape index (κ1) is 12.8. The summed E-state index contributed by atoms with van der Waals surface area (Å²) in [6.07, 6.45) is 7.14. The lowest BCUT2D eigenvalue weighted by molar-refractivity contribution is -0.129. The number of aryl methyl sites for hydroxylation is 1. The Kier molecular flexibility index (Phi) is 3.22. The minimum absolute atomic E-state index is 0.0380. The molecule has 1 fully saturated rings. The minimum Gasteiger partial charge on any atom is -0.341 e. The van der Waals surface area contributed by atoms with Crippen molar-refractivity contribution in [1.29, 1.82) is 0 Å². The van der Waals surface area contributed by atoms with Crippen LogP contribution >= 0.6 is 0 Å². The Hall–Kier alpha value is -2.24. The molecule has 1 N–H and O–H groups in total. The van der Waals surface area contributed by atoms with E-state index in [-0.39, 0.29) is 11.9 Å². The van der Waals surface area contributed by atoms with Crippen LogP contribution in [0.25, 0.3) is 11.5 Å². The van der Waals surface area contributed by atoms with Crippen LogP contribution in [0.15, 0.2) is 18.6 Å². The SMILES string of the molecule is CC(=O)N1CCCC1c1cncc(-c2ncc(C)[nH]2)n1. The molecule has 2 aromatic heterocycles. The van der Waals surface area contributed by atoms with Crippen LogP contribution in [0.1, 0.15) is 37.2 Å². The predicted octanol–water partition coefficient (Wildman–Crippen LogP) is 1.86. The lowest BCUT2D eigenvalue weighted by Gasteiger charge is -2.22. The maximum absolute atomic E-state index is 11.6. The zero-order valence-corrected chi connectivity index (χ0v) is 11.6. The first-order chi connectivity index (χ1) is 9.65. The van der Waals surface area contributed by atoms with E-state index in [2.05, 4.69) is 19.9 Å². The maximum atomic E-state index is 11.6. The fourth-order valence-corrected chi connectivity index (χ4v) is 2.65. The Morgan fingerprint density at radius 3 is 2.95 bits per heavy atom. The van der Waals surface area contributed by atoms with Crippen molar-refractivity contribution < 1.29 is 4.79 Å². The van der Waals surface area contributed by atoms with E-state index in [0.717, 1.165) is 30.8 Å².